The first-order valence-electron chi connectivity index (χ1n) is 6.77. The van der Waals surface area contributed by atoms with Crippen molar-refractivity contribution in [1.29, 1.82) is 0 Å². The van der Waals surface area contributed by atoms with Crippen molar-refractivity contribution >= 4 is 23.0 Å². The Morgan fingerprint density at radius 3 is 2.42 bits per heavy atom. The van der Waals surface area contributed by atoms with E-state index in [9.17, 15) is 5.11 Å². The monoisotopic (exact) mass is 279 g/mol. The van der Waals surface area contributed by atoms with Gasteiger partial charge in [0.2, 0.25) is 0 Å². The summed E-state index contributed by atoms with van der Waals surface area (Å²) in [5, 5.41) is 13.4. The molecule has 0 saturated carbocycles. The van der Waals surface area contributed by atoms with Crippen molar-refractivity contribution in [1.82, 2.24) is 10.2 Å². The minimum Gasteiger partial charge on any atom is -0.508 e. The lowest BCUT2D eigenvalue weighted by atomic mass is 10.2. The van der Waals surface area contributed by atoms with Gasteiger partial charge in [0.25, 0.3) is 0 Å². The third-order valence-electron chi connectivity index (χ3n) is 3.31. The lowest BCUT2D eigenvalue weighted by Gasteiger charge is -2.37. The molecule has 2 rings (SSSR count). The minimum atomic E-state index is 0.312. The molecule has 0 aliphatic carbocycles. The summed E-state index contributed by atoms with van der Waals surface area (Å²) in [5.41, 5.74) is 1.16. The third-order valence-corrected chi connectivity index (χ3v) is 3.71. The summed E-state index contributed by atoms with van der Waals surface area (Å²) < 4.78 is 0. The van der Waals surface area contributed by atoms with Gasteiger partial charge in [0, 0.05) is 38.4 Å². The number of hydrogen-bond donors (Lipinski definition) is 2. The molecule has 1 aliphatic rings. The fourth-order valence-corrected chi connectivity index (χ4v) is 2.46. The lowest BCUT2D eigenvalue weighted by Crippen LogP contribution is -2.51. The van der Waals surface area contributed by atoms with Gasteiger partial charge in [-0.25, -0.2) is 0 Å². The number of hydrogen-bond acceptors (Lipinski definition) is 3. The van der Waals surface area contributed by atoms with E-state index >= 15 is 0 Å². The van der Waals surface area contributed by atoms with Gasteiger partial charge in [0.15, 0.2) is 5.11 Å². The highest BCUT2D eigenvalue weighted by molar-refractivity contribution is 7.80. The molecule has 1 aromatic carbocycles. The molecule has 1 heterocycles. The normalized spacial score (nSPS) is 15.4. The van der Waals surface area contributed by atoms with E-state index in [1.54, 1.807) is 12.1 Å². The molecule has 0 atom stereocenters. The third kappa shape index (κ3) is 3.73. The molecule has 5 heteroatoms. The Bertz CT molecular complexity index is 413. The van der Waals surface area contributed by atoms with Gasteiger partial charge in [0.1, 0.15) is 5.75 Å². The number of benzene rings is 1. The molecule has 0 amide bonds. The number of aromatic hydroxyl groups is 1. The lowest BCUT2D eigenvalue weighted by molar-refractivity contribution is 0.380. The van der Waals surface area contributed by atoms with E-state index in [1.165, 1.54) is 0 Å². The van der Waals surface area contributed by atoms with Gasteiger partial charge < -0.3 is 20.2 Å². The molecular formula is C14H21N3OS. The van der Waals surface area contributed by atoms with Crippen LogP contribution in [0.5, 0.6) is 5.75 Å². The summed E-state index contributed by atoms with van der Waals surface area (Å²) in [6.07, 6.45) is 1.09. The number of rotatable bonds is 3. The van der Waals surface area contributed by atoms with Gasteiger partial charge in [-0.15, -0.1) is 0 Å². The Morgan fingerprint density at radius 2 is 1.84 bits per heavy atom. The Hall–Kier alpha value is -1.49. The largest absolute Gasteiger partial charge is 0.508 e. The molecule has 2 N–H and O–H groups in total. The van der Waals surface area contributed by atoms with E-state index in [4.69, 9.17) is 12.2 Å². The second-order valence-electron chi connectivity index (χ2n) is 4.72. The fraction of sp³-hybridized carbons (Fsp3) is 0.500. The summed E-state index contributed by atoms with van der Waals surface area (Å²) in [5.74, 6) is 0.312. The molecule has 1 aromatic rings. The standard InChI is InChI=1S/C14H21N3OS/c1-2-7-15-14(19)17-10-8-16(9-11-17)12-3-5-13(18)6-4-12/h3-6,18H,2,7-11H2,1H3,(H,15,19). The van der Waals surface area contributed by atoms with Crippen LogP contribution < -0.4 is 10.2 Å². The van der Waals surface area contributed by atoms with Gasteiger partial charge in [0.05, 0.1) is 0 Å². The second kappa shape index (κ2) is 6.61. The van der Waals surface area contributed by atoms with Crippen molar-refractivity contribution < 1.29 is 5.11 Å². The Kier molecular flexibility index (Phi) is 4.85. The smallest absolute Gasteiger partial charge is 0.169 e. The summed E-state index contributed by atoms with van der Waals surface area (Å²) in [7, 11) is 0. The SMILES string of the molecule is CCCNC(=S)N1CCN(c2ccc(O)cc2)CC1. The van der Waals surface area contributed by atoms with Crippen LogP contribution in [0, 0.1) is 0 Å². The Morgan fingerprint density at radius 1 is 1.21 bits per heavy atom. The van der Waals surface area contributed by atoms with Gasteiger partial charge in [-0.2, -0.15) is 0 Å². The maximum atomic E-state index is 9.30. The zero-order valence-electron chi connectivity index (χ0n) is 11.3. The second-order valence-corrected chi connectivity index (χ2v) is 5.11. The van der Waals surface area contributed by atoms with E-state index in [-0.39, 0.29) is 0 Å². The molecule has 0 aromatic heterocycles. The number of anilines is 1. The van der Waals surface area contributed by atoms with Gasteiger partial charge in [-0.1, -0.05) is 6.92 Å². The molecule has 1 fully saturated rings. The maximum absolute atomic E-state index is 9.30. The fourth-order valence-electron chi connectivity index (χ4n) is 2.17. The predicted octanol–water partition coefficient (Wildman–Crippen LogP) is 1.80. The molecule has 4 nitrogen and oxygen atoms in total. The highest BCUT2D eigenvalue weighted by Gasteiger charge is 2.18. The molecule has 0 bridgehead atoms. The van der Waals surface area contributed by atoms with Crippen LogP contribution in [0.15, 0.2) is 24.3 Å². The van der Waals surface area contributed by atoms with E-state index in [2.05, 4.69) is 22.0 Å². The van der Waals surface area contributed by atoms with Gasteiger partial charge in [-0.3, -0.25) is 0 Å². The van der Waals surface area contributed by atoms with Crippen molar-refractivity contribution in [2.75, 3.05) is 37.6 Å². The van der Waals surface area contributed by atoms with Crippen LogP contribution in [0.25, 0.3) is 0 Å². The number of phenolic OH excluding ortho intramolecular Hbond substituents is 1. The first kappa shape index (κ1) is 13.9. The van der Waals surface area contributed by atoms with Crippen LogP contribution >= 0.6 is 12.2 Å². The average Bonchev–Trinajstić information content (AvgIpc) is 2.46. The van der Waals surface area contributed by atoms with Gasteiger partial charge in [-0.05, 0) is 42.9 Å². The zero-order chi connectivity index (χ0) is 13.7. The Balaban J connectivity index is 1.85. The van der Waals surface area contributed by atoms with E-state index in [1.807, 2.05) is 12.1 Å². The molecule has 0 spiro atoms. The number of thiocarbonyl (C=S) groups is 1. The average molecular weight is 279 g/mol. The molecular weight excluding hydrogens is 258 g/mol. The summed E-state index contributed by atoms with van der Waals surface area (Å²) >= 11 is 5.38. The minimum absolute atomic E-state index is 0.312. The molecule has 0 unspecified atom stereocenters. The summed E-state index contributed by atoms with van der Waals surface area (Å²) in [4.78, 5) is 4.54. The van der Waals surface area contributed by atoms with Crippen LogP contribution in [0.4, 0.5) is 5.69 Å². The molecule has 19 heavy (non-hydrogen) atoms. The topological polar surface area (TPSA) is 38.7 Å². The van der Waals surface area contributed by atoms with E-state index < -0.39 is 0 Å². The predicted molar refractivity (Wildman–Crippen MR) is 82.8 cm³/mol. The highest BCUT2D eigenvalue weighted by Crippen LogP contribution is 2.19. The van der Waals surface area contributed by atoms with Crippen molar-refractivity contribution in [3.8, 4) is 5.75 Å². The Labute approximate surface area is 120 Å². The van der Waals surface area contributed by atoms with Crippen molar-refractivity contribution in [2.45, 2.75) is 13.3 Å². The number of nitrogens with zero attached hydrogens (tertiary/aromatic N) is 2. The maximum Gasteiger partial charge on any atom is 0.169 e. The van der Waals surface area contributed by atoms with Crippen LogP contribution in [-0.2, 0) is 0 Å². The first-order chi connectivity index (χ1) is 9.20. The van der Waals surface area contributed by atoms with Crippen LogP contribution in [0.1, 0.15) is 13.3 Å². The van der Waals surface area contributed by atoms with Crippen molar-refractivity contribution in [3.63, 3.8) is 0 Å². The van der Waals surface area contributed by atoms with Crippen molar-refractivity contribution in [3.05, 3.63) is 24.3 Å². The quantitative estimate of drug-likeness (QED) is 0.826. The molecule has 1 saturated heterocycles. The summed E-state index contributed by atoms with van der Waals surface area (Å²) in [6, 6.07) is 7.38. The number of nitrogens with one attached hydrogen (secondary N) is 1. The number of piperazine rings is 1. The van der Waals surface area contributed by atoms with Crippen LogP contribution in [0.2, 0.25) is 0 Å². The molecule has 104 valence electrons. The zero-order valence-corrected chi connectivity index (χ0v) is 12.1. The van der Waals surface area contributed by atoms with E-state index in [0.717, 1.165) is 49.9 Å². The van der Waals surface area contributed by atoms with Crippen molar-refractivity contribution in [2.24, 2.45) is 0 Å². The summed E-state index contributed by atoms with van der Waals surface area (Å²) in [6.45, 7) is 6.87. The highest BCUT2D eigenvalue weighted by atomic mass is 32.1. The number of phenols is 1. The van der Waals surface area contributed by atoms with Crippen LogP contribution in [-0.4, -0.2) is 47.8 Å². The molecule has 1 aliphatic heterocycles. The van der Waals surface area contributed by atoms with Gasteiger partial charge >= 0.3 is 0 Å². The first-order valence-corrected chi connectivity index (χ1v) is 7.18. The van der Waals surface area contributed by atoms with E-state index in [0.29, 0.717) is 5.75 Å². The molecule has 0 radical (unpaired) electrons. The van der Waals surface area contributed by atoms with Crippen LogP contribution in [0.3, 0.4) is 0 Å².